The van der Waals surface area contributed by atoms with Gasteiger partial charge < -0.3 is 0 Å². The zero-order chi connectivity index (χ0) is 12.1. The molecule has 0 unspecified atom stereocenters. The van der Waals surface area contributed by atoms with Crippen LogP contribution in [0.1, 0.15) is 24.8 Å². The predicted octanol–water partition coefficient (Wildman–Crippen LogP) is 1.51. The fourth-order valence-electron chi connectivity index (χ4n) is 1.90. The van der Waals surface area contributed by atoms with Crippen LogP contribution in [0, 0.1) is 0 Å². The van der Waals surface area contributed by atoms with Crippen LogP contribution in [0.4, 0.5) is 0 Å². The molecule has 0 radical (unpaired) electrons. The lowest BCUT2D eigenvalue weighted by atomic mass is 10.1. The molecular weight excluding hydrogens is 214 g/mol. The molecule has 1 aliphatic heterocycles. The zero-order valence-corrected chi connectivity index (χ0v) is 9.80. The average Bonchev–Trinajstić information content (AvgIpc) is 2.35. The molecule has 1 aromatic rings. The van der Waals surface area contributed by atoms with E-state index in [1.807, 2.05) is 18.2 Å². The van der Waals surface area contributed by atoms with Gasteiger partial charge in [-0.05, 0) is 18.4 Å². The SMILES string of the molecule is NN1CCC(=O)N=C1CCCc1ccccc1. The predicted molar refractivity (Wildman–Crippen MR) is 67.3 cm³/mol. The van der Waals surface area contributed by atoms with Crippen LogP contribution in [-0.2, 0) is 11.2 Å². The molecular formula is C13H17N3O. The summed E-state index contributed by atoms with van der Waals surface area (Å²) in [4.78, 5) is 15.2. The third-order valence-corrected chi connectivity index (χ3v) is 2.86. The molecule has 4 nitrogen and oxygen atoms in total. The second-order valence-electron chi connectivity index (χ2n) is 4.20. The number of amides is 1. The van der Waals surface area contributed by atoms with Crippen LogP contribution in [0.3, 0.4) is 0 Å². The van der Waals surface area contributed by atoms with Gasteiger partial charge in [0.25, 0.3) is 0 Å². The number of rotatable bonds is 4. The van der Waals surface area contributed by atoms with Gasteiger partial charge in [0.05, 0.1) is 0 Å². The molecule has 1 aromatic carbocycles. The fourth-order valence-corrected chi connectivity index (χ4v) is 1.90. The maximum absolute atomic E-state index is 11.2. The Hall–Kier alpha value is -1.68. The van der Waals surface area contributed by atoms with Crippen molar-refractivity contribution >= 4 is 11.7 Å². The Morgan fingerprint density at radius 3 is 2.76 bits per heavy atom. The van der Waals surface area contributed by atoms with E-state index in [9.17, 15) is 4.79 Å². The molecule has 0 atom stereocenters. The first kappa shape index (κ1) is 11.8. The number of nitrogens with zero attached hydrogens (tertiary/aromatic N) is 2. The van der Waals surface area contributed by atoms with Gasteiger partial charge in [-0.25, -0.2) is 5.84 Å². The van der Waals surface area contributed by atoms with Crippen LogP contribution in [0.2, 0.25) is 0 Å². The van der Waals surface area contributed by atoms with Gasteiger partial charge in [0.15, 0.2) is 0 Å². The summed E-state index contributed by atoms with van der Waals surface area (Å²) in [6, 6.07) is 10.3. The first-order valence-corrected chi connectivity index (χ1v) is 5.92. The third-order valence-electron chi connectivity index (χ3n) is 2.86. The largest absolute Gasteiger partial charge is 0.298 e. The molecule has 0 saturated heterocycles. The molecule has 0 aliphatic carbocycles. The van der Waals surface area contributed by atoms with Gasteiger partial charge in [0.2, 0.25) is 5.91 Å². The van der Waals surface area contributed by atoms with Gasteiger partial charge in [0, 0.05) is 19.4 Å². The van der Waals surface area contributed by atoms with Crippen molar-refractivity contribution in [1.29, 1.82) is 0 Å². The molecule has 0 spiro atoms. The summed E-state index contributed by atoms with van der Waals surface area (Å²) in [5.41, 5.74) is 1.30. The number of carbonyl (C=O) groups excluding carboxylic acids is 1. The number of hydrazine groups is 1. The Morgan fingerprint density at radius 1 is 1.24 bits per heavy atom. The van der Waals surface area contributed by atoms with Crippen molar-refractivity contribution in [2.24, 2.45) is 10.8 Å². The van der Waals surface area contributed by atoms with Gasteiger partial charge in [-0.15, -0.1) is 0 Å². The second kappa shape index (κ2) is 5.59. The average molecular weight is 231 g/mol. The minimum absolute atomic E-state index is 0.0542. The molecule has 0 bridgehead atoms. The normalized spacial score (nSPS) is 15.9. The number of nitrogens with two attached hydrogens (primary N) is 1. The quantitative estimate of drug-likeness (QED) is 0.799. The summed E-state index contributed by atoms with van der Waals surface area (Å²) < 4.78 is 0. The fraction of sp³-hybridized carbons (Fsp3) is 0.385. The highest BCUT2D eigenvalue weighted by molar-refractivity contribution is 5.96. The summed E-state index contributed by atoms with van der Waals surface area (Å²) in [6.45, 7) is 0.586. The van der Waals surface area contributed by atoms with Gasteiger partial charge in [-0.2, -0.15) is 4.99 Å². The molecule has 1 aliphatic rings. The Balaban J connectivity index is 1.84. The lowest BCUT2D eigenvalue weighted by Crippen LogP contribution is -2.42. The van der Waals surface area contributed by atoms with Crippen molar-refractivity contribution in [1.82, 2.24) is 5.01 Å². The standard InChI is InChI=1S/C13H17N3O/c14-16-10-9-13(17)15-12(16)8-4-7-11-5-2-1-3-6-11/h1-3,5-6H,4,7-10,14H2. The molecule has 0 saturated carbocycles. The molecule has 90 valence electrons. The Bertz CT molecular complexity index is 414. The molecule has 0 fully saturated rings. The molecule has 1 heterocycles. The first-order valence-electron chi connectivity index (χ1n) is 5.92. The van der Waals surface area contributed by atoms with Gasteiger partial charge in [-0.3, -0.25) is 9.80 Å². The van der Waals surface area contributed by atoms with E-state index in [1.54, 1.807) is 5.01 Å². The molecule has 0 aromatic heterocycles. The van der Waals surface area contributed by atoms with Gasteiger partial charge in [-0.1, -0.05) is 30.3 Å². The molecule has 17 heavy (non-hydrogen) atoms. The number of aryl methyl sites for hydroxylation is 1. The number of amidine groups is 1. The molecule has 2 N–H and O–H groups in total. The molecule has 1 amide bonds. The van der Waals surface area contributed by atoms with Crippen LogP contribution in [0.25, 0.3) is 0 Å². The van der Waals surface area contributed by atoms with E-state index >= 15 is 0 Å². The minimum atomic E-state index is -0.0542. The van der Waals surface area contributed by atoms with E-state index in [0.29, 0.717) is 13.0 Å². The van der Waals surface area contributed by atoms with Crippen molar-refractivity contribution in [3.8, 4) is 0 Å². The summed E-state index contributed by atoms with van der Waals surface area (Å²) in [6.07, 6.45) is 3.14. The smallest absolute Gasteiger partial charge is 0.249 e. The Kier molecular flexibility index (Phi) is 3.88. The monoisotopic (exact) mass is 231 g/mol. The van der Waals surface area contributed by atoms with Crippen LogP contribution in [-0.4, -0.2) is 23.3 Å². The second-order valence-corrected chi connectivity index (χ2v) is 4.20. The summed E-state index contributed by atoms with van der Waals surface area (Å²) in [7, 11) is 0. The van der Waals surface area contributed by atoms with E-state index in [4.69, 9.17) is 5.84 Å². The van der Waals surface area contributed by atoms with Crippen molar-refractivity contribution < 1.29 is 4.79 Å². The van der Waals surface area contributed by atoms with Gasteiger partial charge >= 0.3 is 0 Å². The van der Waals surface area contributed by atoms with E-state index in [0.717, 1.165) is 25.1 Å². The highest BCUT2D eigenvalue weighted by atomic mass is 16.1. The maximum Gasteiger partial charge on any atom is 0.249 e. The third kappa shape index (κ3) is 3.39. The summed E-state index contributed by atoms with van der Waals surface area (Å²) in [5, 5.41) is 1.59. The van der Waals surface area contributed by atoms with Crippen LogP contribution < -0.4 is 5.84 Å². The van der Waals surface area contributed by atoms with E-state index in [-0.39, 0.29) is 5.91 Å². The van der Waals surface area contributed by atoms with Gasteiger partial charge in [0.1, 0.15) is 5.84 Å². The lowest BCUT2D eigenvalue weighted by molar-refractivity contribution is -0.118. The van der Waals surface area contributed by atoms with E-state index in [1.165, 1.54) is 5.56 Å². The van der Waals surface area contributed by atoms with E-state index in [2.05, 4.69) is 17.1 Å². The summed E-state index contributed by atoms with van der Waals surface area (Å²) in [5.74, 6) is 6.44. The maximum atomic E-state index is 11.2. The highest BCUT2D eigenvalue weighted by Gasteiger charge is 2.16. The van der Waals surface area contributed by atoms with Crippen LogP contribution >= 0.6 is 0 Å². The summed E-state index contributed by atoms with van der Waals surface area (Å²) >= 11 is 0. The van der Waals surface area contributed by atoms with Crippen molar-refractivity contribution in [2.75, 3.05) is 6.54 Å². The van der Waals surface area contributed by atoms with E-state index < -0.39 is 0 Å². The van der Waals surface area contributed by atoms with Crippen molar-refractivity contribution in [3.05, 3.63) is 35.9 Å². The molecule has 4 heteroatoms. The number of aliphatic imine (C=N–C) groups is 1. The van der Waals surface area contributed by atoms with Crippen LogP contribution in [0.15, 0.2) is 35.3 Å². The first-order chi connectivity index (χ1) is 8.25. The highest BCUT2D eigenvalue weighted by Crippen LogP contribution is 2.09. The zero-order valence-electron chi connectivity index (χ0n) is 9.80. The Labute approximate surface area is 101 Å². The van der Waals surface area contributed by atoms with Crippen molar-refractivity contribution in [3.63, 3.8) is 0 Å². The molecule has 2 rings (SSSR count). The lowest BCUT2D eigenvalue weighted by Gasteiger charge is -2.23. The number of benzene rings is 1. The Morgan fingerprint density at radius 2 is 2.00 bits per heavy atom. The topological polar surface area (TPSA) is 58.7 Å². The van der Waals surface area contributed by atoms with Crippen molar-refractivity contribution in [2.45, 2.75) is 25.7 Å². The number of hydrogen-bond acceptors (Lipinski definition) is 3. The minimum Gasteiger partial charge on any atom is -0.298 e. The number of carbonyl (C=O) groups is 1. The van der Waals surface area contributed by atoms with Crippen LogP contribution in [0.5, 0.6) is 0 Å². The number of hydrogen-bond donors (Lipinski definition) is 1.